The molecule has 21 atom stereocenters. The van der Waals surface area contributed by atoms with Crippen LogP contribution in [-0.2, 0) is 28.4 Å². The predicted octanol–water partition coefficient (Wildman–Crippen LogP) is -2.84. The van der Waals surface area contributed by atoms with Crippen LogP contribution in [0, 0.1) is 0 Å². The van der Waals surface area contributed by atoms with E-state index in [1.807, 2.05) is 0 Å². The van der Waals surface area contributed by atoms with Crippen LogP contribution in [0.25, 0.3) is 22.3 Å². The van der Waals surface area contributed by atoms with Crippen molar-refractivity contribution in [3.63, 3.8) is 0 Å². The number of carbonyl (C=O) groups excluding carboxylic acids is 1. The Kier molecular flexibility index (Phi) is 19.0. The van der Waals surface area contributed by atoms with Gasteiger partial charge in [0.15, 0.2) is 47.1 Å². The summed E-state index contributed by atoms with van der Waals surface area (Å²) in [7, 11) is 1.39. The minimum atomic E-state index is -1.97. The Bertz CT molecular complexity index is 3290. The van der Waals surface area contributed by atoms with Gasteiger partial charge in [-0.15, -0.1) is 0 Å². The second kappa shape index (κ2) is 25.8. The van der Waals surface area contributed by atoms with E-state index in [9.17, 15) is 102 Å². The summed E-state index contributed by atoms with van der Waals surface area (Å²) >= 11 is 0. The second-order valence-electron chi connectivity index (χ2n) is 20.9. The molecule has 0 radical (unpaired) electrons. The van der Waals surface area contributed by atoms with E-state index >= 15 is 0 Å². The van der Waals surface area contributed by atoms with Crippen molar-refractivity contribution in [1.29, 1.82) is 0 Å². The van der Waals surface area contributed by atoms with Crippen molar-refractivity contribution in [2.75, 3.05) is 20.3 Å². The van der Waals surface area contributed by atoms with Crippen LogP contribution < -0.4 is 24.4 Å². The summed E-state index contributed by atoms with van der Waals surface area (Å²) in [5.74, 6) is -4.33. The summed E-state index contributed by atoms with van der Waals surface area (Å²) in [6.45, 7) is 1.78. The van der Waals surface area contributed by atoms with Crippen molar-refractivity contribution < 1.29 is 148 Å². The van der Waals surface area contributed by atoms with Gasteiger partial charge in [0.2, 0.25) is 23.8 Å². The number of fused-ring (bicyclic) bond motifs is 2. The first kappa shape index (κ1) is 63.5. The average molecular weight is 1220 g/mol. The molecule has 86 heavy (non-hydrogen) atoms. The fourth-order valence-electron chi connectivity index (χ4n) is 10.0. The van der Waals surface area contributed by atoms with Crippen molar-refractivity contribution in [3.05, 3.63) is 82.0 Å². The molecule has 10 rings (SSSR count). The lowest BCUT2D eigenvalue weighted by atomic mass is 9.95. The van der Waals surface area contributed by atoms with Crippen molar-refractivity contribution in [2.45, 2.75) is 149 Å². The Morgan fingerprint density at radius 1 is 0.512 bits per heavy atom. The van der Waals surface area contributed by atoms with Gasteiger partial charge < -0.3 is 144 Å². The molecule has 6 heterocycles. The van der Waals surface area contributed by atoms with Gasteiger partial charge >= 0.3 is 0 Å². The topological polar surface area (TPSA) is 504 Å². The van der Waals surface area contributed by atoms with E-state index in [0.717, 1.165) is 30.3 Å². The minimum absolute atomic E-state index is 0.0313. The fourth-order valence-corrected chi connectivity index (χ4v) is 10.0. The molecule has 4 aromatic carbocycles. The number of ether oxygens (including phenoxy) is 10. The van der Waals surface area contributed by atoms with Gasteiger partial charge in [-0.3, -0.25) is 9.59 Å². The number of hydrogen-bond donors (Lipinski definition) is 18. The van der Waals surface area contributed by atoms with Crippen molar-refractivity contribution in [3.8, 4) is 68.8 Å². The van der Waals surface area contributed by atoms with Gasteiger partial charge in [-0.2, -0.15) is 0 Å². The zero-order valence-corrected chi connectivity index (χ0v) is 45.4. The lowest BCUT2D eigenvalue weighted by Crippen LogP contribution is -2.61. The highest BCUT2D eigenvalue weighted by molar-refractivity contribution is 6.02. The van der Waals surface area contributed by atoms with Gasteiger partial charge in [-0.05, 0) is 49.7 Å². The number of ketones is 1. The summed E-state index contributed by atoms with van der Waals surface area (Å²) in [4.78, 5) is 26.5. The zero-order valence-electron chi connectivity index (χ0n) is 45.4. The molecule has 5 aliphatic heterocycles. The van der Waals surface area contributed by atoms with E-state index in [-0.39, 0.29) is 46.1 Å². The molecule has 31 heteroatoms. The molecule has 31 nitrogen and oxygen atoms in total. The minimum Gasteiger partial charge on any atom is -0.508 e. The summed E-state index contributed by atoms with van der Waals surface area (Å²) in [5, 5.41) is 184. The second-order valence-corrected chi connectivity index (χ2v) is 20.9. The quantitative estimate of drug-likeness (QED) is 0.0528. The third-order valence-corrected chi connectivity index (χ3v) is 15.0. The Balaban J connectivity index is 0.000000205. The smallest absolute Gasteiger partial charge is 0.239 e. The molecule has 0 unspecified atom stereocenters. The van der Waals surface area contributed by atoms with Crippen LogP contribution in [0.5, 0.6) is 57.5 Å². The predicted molar refractivity (Wildman–Crippen MR) is 281 cm³/mol. The Hall–Kier alpha value is -6.96. The molecule has 5 aliphatic rings. The number of carbonyl (C=O) groups is 1. The molecule has 470 valence electrons. The molecule has 0 spiro atoms. The van der Waals surface area contributed by atoms with E-state index in [1.165, 1.54) is 45.2 Å². The fraction of sp³-hybridized carbons (Fsp3) is 0.491. The number of benzene rings is 4. The number of aliphatic hydroxyl groups is 12. The number of aliphatic hydroxyl groups excluding tert-OH is 12. The summed E-state index contributed by atoms with van der Waals surface area (Å²) in [5.41, 5.74) is -0.975. The van der Waals surface area contributed by atoms with Gasteiger partial charge in [0.1, 0.15) is 137 Å². The van der Waals surface area contributed by atoms with Gasteiger partial charge in [0.25, 0.3) is 0 Å². The van der Waals surface area contributed by atoms with Gasteiger partial charge in [0, 0.05) is 29.8 Å². The van der Waals surface area contributed by atoms with Crippen LogP contribution in [0.1, 0.15) is 42.3 Å². The number of hydrogen-bond acceptors (Lipinski definition) is 31. The zero-order chi connectivity index (χ0) is 62.5. The number of phenolic OH excluding ortho intramolecular Hbond substituents is 6. The Morgan fingerprint density at radius 2 is 1.06 bits per heavy atom. The third-order valence-electron chi connectivity index (χ3n) is 15.0. The van der Waals surface area contributed by atoms with Crippen LogP contribution in [0.4, 0.5) is 0 Å². The average Bonchev–Trinajstić information content (AvgIpc) is 0.894. The molecule has 1 aromatic heterocycles. The van der Waals surface area contributed by atoms with Crippen LogP contribution in [0.2, 0.25) is 0 Å². The van der Waals surface area contributed by atoms with Crippen molar-refractivity contribution in [2.24, 2.45) is 0 Å². The van der Waals surface area contributed by atoms with Gasteiger partial charge in [-0.1, -0.05) is 6.07 Å². The van der Waals surface area contributed by atoms with Crippen LogP contribution >= 0.6 is 0 Å². The van der Waals surface area contributed by atoms with Crippen LogP contribution in [-0.4, -0.2) is 241 Å². The summed E-state index contributed by atoms with van der Waals surface area (Å²) in [6, 6.07) is 12.1. The maximum atomic E-state index is 13.6. The van der Waals surface area contributed by atoms with Gasteiger partial charge in [-0.25, -0.2) is 0 Å². The molecule has 0 saturated carbocycles. The molecule has 18 N–H and O–H groups in total. The molecular formula is C55H64O31. The van der Waals surface area contributed by atoms with E-state index in [2.05, 4.69) is 0 Å². The van der Waals surface area contributed by atoms with Crippen molar-refractivity contribution in [1.82, 2.24) is 0 Å². The Labute approximate surface area is 484 Å². The lowest BCUT2D eigenvalue weighted by molar-refractivity contribution is -0.318. The number of methoxy groups -OCH3 is 1. The van der Waals surface area contributed by atoms with Gasteiger partial charge in [0.05, 0.1) is 39.0 Å². The number of rotatable bonds is 13. The SMILES string of the molecule is COc1ccc([C@@H]2CC(=O)c3c(O)cc(O[C@@H]4O[C@H](CO[C@@H]5O[C@@H](C)[C@H](O)[C@@H](O)[C@H]5O)[C@@H](O)[C@H](O)[C@H]4O)cc3O2)cc1O.C[C@@H]1O[C@@H](OC[C@H]2O[C@@H](Oc3c(-c4ccc(O)c(O)c4)oc4cc(O)cc(O)c4c3=O)[C@H](O)[C@@H](O)[C@@H]2O)[C@H](O)[C@H](O)[C@H]1O. The highest BCUT2D eigenvalue weighted by Gasteiger charge is 2.50. The number of aromatic hydroxyl groups is 6. The first-order valence-electron chi connectivity index (χ1n) is 26.5. The highest BCUT2D eigenvalue weighted by Crippen LogP contribution is 2.45. The molecule has 5 aromatic rings. The first-order valence-corrected chi connectivity index (χ1v) is 26.5. The third kappa shape index (κ3) is 12.7. The van der Waals surface area contributed by atoms with Crippen LogP contribution in [0.15, 0.2) is 69.9 Å². The lowest BCUT2D eigenvalue weighted by Gasteiger charge is -2.42. The molecule has 4 saturated heterocycles. The molecule has 4 fully saturated rings. The van der Waals surface area contributed by atoms with E-state index in [1.54, 1.807) is 6.07 Å². The maximum Gasteiger partial charge on any atom is 0.239 e. The maximum absolute atomic E-state index is 13.6. The Morgan fingerprint density at radius 3 is 1.60 bits per heavy atom. The standard InChI is InChI=1S/C28H34O15.C27H30O16/c1-10-21(32)23(34)25(36)27(40-10)39-9-19-22(33)24(35)26(37)28(43-19)41-12-6-14(30)20-15(31)8-17(42-18(20)7-12)11-3-4-16(38-2)13(29)5-11;1-8-17(32)20(35)22(37)26(40-8)39-7-15-18(33)21(36)23(38)27(42-15)43-25-19(34)16-13(31)5-10(28)6-14(16)41-24(25)9-2-3-11(29)12(30)4-9/h3-7,10,17,19,21-30,32-37H,8-9H2,1-2H3;2-6,8,15,17-18,20-23,26-33,35-38H,7H2,1H3/t10-,17-,19+,21-,22+,23+,24-,25+,26+,27+,28+;8-,15+,17-,18+,20+,21-,22+,23+,26+,27-/m00/s1. The number of phenols is 6. The normalized spacial score (nSPS) is 34.5. The number of Topliss-reactive ketones (excluding diaryl/α,β-unsaturated/α-hetero) is 1. The molecule has 0 amide bonds. The van der Waals surface area contributed by atoms with E-state index < -0.39 is 199 Å². The first-order chi connectivity index (χ1) is 40.7. The van der Waals surface area contributed by atoms with E-state index in [0.29, 0.717) is 5.56 Å². The molecule has 0 aliphatic carbocycles. The summed E-state index contributed by atoms with van der Waals surface area (Å²) < 4.78 is 60.9. The highest BCUT2D eigenvalue weighted by atomic mass is 16.7. The molecular weight excluding hydrogens is 1160 g/mol. The van der Waals surface area contributed by atoms with Crippen molar-refractivity contribution >= 4 is 16.8 Å². The van der Waals surface area contributed by atoms with E-state index in [4.69, 9.17) is 51.8 Å². The summed E-state index contributed by atoms with van der Waals surface area (Å²) in [6.07, 6.45) is -32.1. The largest absolute Gasteiger partial charge is 0.508 e. The monoisotopic (exact) mass is 1220 g/mol. The molecule has 0 bridgehead atoms. The van der Waals surface area contributed by atoms with Crippen LogP contribution in [0.3, 0.4) is 0 Å².